The molecule has 0 radical (unpaired) electrons. The summed E-state index contributed by atoms with van der Waals surface area (Å²) < 4.78 is 6.15. The normalized spacial score (nSPS) is 25.9. The third-order valence-corrected chi connectivity index (χ3v) is 4.02. The molecule has 3 rings (SSSR count). The molecule has 0 aliphatic carbocycles. The molecule has 104 valence electrons. The van der Waals surface area contributed by atoms with Gasteiger partial charge < -0.3 is 10.1 Å². The summed E-state index contributed by atoms with van der Waals surface area (Å²) in [6.45, 7) is 10.9. The van der Waals surface area contributed by atoms with E-state index in [1.807, 2.05) is 0 Å². The van der Waals surface area contributed by atoms with Crippen molar-refractivity contribution in [3.8, 4) is 5.75 Å². The first-order chi connectivity index (χ1) is 9.03. The molecule has 0 spiro atoms. The van der Waals surface area contributed by atoms with Crippen molar-refractivity contribution < 1.29 is 4.74 Å². The summed E-state index contributed by atoms with van der Waals surface area (Å²) >= 11 is 0. The molecule has 0 saturated carbocycles. The Morgan fingerprint density at radius 2 is 2.26 bits per heavy atom. The fraction of sp³-hybridized carbons (Fsp3) is 0.625. The van der Waals surface area contributed by atoms with Gasteiger partial charge in [0.15, 0.2) is 0 Å². The molecular weight excluding hydrogens is 236 g/mol. The fourth-order valence-electron chi connectivity index (χ4n) is 3.20. The number of ether oxygens (including phenoxy) is 1. The molecule has 0 bridgehead atoms. The second-order valence-corrected chi connectivity index (χ2v) is 6.53. The molecule has 1 fully saturated rings. The third kappa shape index (κ3) is 2.77. The molecule has 2 heterocycles. The van der Waals surface area contributed by atoms with E-state index in [1.54, 1.807) is 0 Å². The molecule has 1 atom stereocenters. The monoisotopic (exact) mass is 260 g/mol. The lowest BCUT2D eigenvalue weighted by Gasteiger charge is -2.32. The van der Waals surface area contributed by atoms with Crippen molar-refractivity contribution in [2.75, 3.05) is 19.6 Å². The molecule has 2 aliphatic heterocycles. The summed E-state index contributed by atoms with van der Waals surface area (Å²) in [7, 11) is 0. The average molecular weight is 260 g/mol. The van der Waals surface area contributed by atoms with Crippen LogP contribution in [0.1, 0.15) is 31.9 Å². The summed E-state index contributed by atoms with van der Waals surface area (Å²) in [5.41, 5.74) is 2.66. The first kappa shape index (κ1) is 12.9. The van der Waals surface area contributed by atoms with Gasteiger partial charge in [-0.3, -0.25) is 4.90 Å². The lowest BCUT2D eigenvalue weighted by molar-refractivity contribution is 0.133. The lowest BCUT2D eigenvalue weighted by atomic mass is 10.0. The third-order valence-electron chi connectivity index (χ3n) is 4.02. The van der Waals surface area contributed by atoms with Crippen LogP contribution in [0.2, 0.25) is 0 Å². The maximum atomic E-state index is 6.15. The Morgan fingerprint density at radius 1 is 1.42 bits per heavy atom. The number of fused-ring (bicyclic) bond motifs is 1. The number of nitrogens with zero attached hydrogens (tertiary/aromatic N) is 1. The SMILES string of the molecule is C[C@@H]1CN(Cc2cccc3c2OC(C)(C)C3)CCN1. The Labute approximate surface area is 115 Å². The van der Waals surface area contributed by atoms with Gasteiger partial charge in [-0.15, -0.1) is 0 Å². The first-order valence-electron chi connectivity index (χ1n) is 7.29. The van der Waals surface area contributed by atoms with Crippen LogP contribution in [0.15, 0.2) is 18.2 Å². The van der Waals surface area contributed by atoms with Crippen molar-refractivity contribution in [1.82, 2.24) is 10.2 Å². The van der Waals surface area contributed by atoms with E-state index in [9.17, 15) is 0 Å². The Balaban J connectivity index is 1.78. The molecule has 0 aromatic heterocycles. The van der Waals surface area contributed by atoms with Crippen LogP contribution in [0, 0.1) is 0 Å². The van der Waals surface area contributed by atoms with Crippen molar-refractivity contribution in [3.63, 3.8) is 0 Å². The van der Waals surface area contributed by atoms with Gasteiger partial charge in [-0.05, 0) is 26.3 Å². The summed E-state index contributed by atoms with van der Waals surface area (Å²) in [5.74, 6) is 1.14. The second kappa shape index (κ2) is 4.80. The van der Waals surface area contributed by atoms with Crippen molar-refractivity contribution in [1.29, 1.82) is 0 Å². The van der Waals surface area contributed by atoms with E-state index in [2.05, 4.69) is 49.2 Å². The molecule has 3 heteroatoms. The first-order valence-corrected chi connectivity index (χ1v) is 7.29. The molecule has 1 saturated heterocycles. The highest BCUT2D eigenvalue weighted by Gasteiger charge is 2.32. The highest BCUT2D eigenvalue weighted by molar-refractivity contribution is 5.45. The minimum absolute atomic E-state index is 0.0464. The second-order valence-electron chi connectivity index (χ2n) is 6.53. The van der Waals surface area contributed by atoms with E-state index >= 15 is 0 Å². The zero-order chi connectivity index (χ0) is 13.5. The highest BCUT2D eigenvalue weighted by atomic mass is 16.5. The maximum Gasteiger partial charge on any atom is 0.127 e. The Morgan fingerprint density at radius 3 is 3.05 bits per heavy atom. The minimum Gasteiger partial charge on any atom is -0.487 e. The zero-order valence-electron chi connectivity index (χ0n) is 12.2. The van der Waals surface area contributed by atoms with Crippen LogP contribution in [-0.2, 0) is 13.0 Å². The van der Waals surface area contributed by atoms with Crippen molar-refractivity contribution in [3.05, 3.63) is 29.3 Å². The lowest BCUT2D eigenvalue weighted by Crippen LogP contribution is -2.48. The summed E-state index contributed by atoms with van der Waals surface area (Å²) in [4.78, 5) is 2.52. The van der Waals surface area contributed by atoms with E-state index < -0.39 is 0 Å². The van der Waals surface area contributed by atoms with Crippen molar-refractivity contribution >= 4 is 0 Å². The Kier molecular flexibility index (Phi) is 3.27. The van der Waals surface area contributed by atoms with Crippen molar-refractivity contribution in [2.45, 2.75) is 45.4 Å². The van der Waals surface area contributed by atoms with Crippen LogP contribution in [0.25, 0.3) is 0 Å². The average Bonchev–Trinajstić information content (AvgIpc) is 2.64. The topological polar surface area (TPSA) is 24.5 Å². The number of hydrogen-bond acceptors (Lipinski definition) is 3. The summed E-state index contributed by atoms with van der Waals surface area (Å²) in [6, 6.07) is 7.17. The molecule has 1 N–H and O–H groups in total. The molecule has 1 aromatic carbocycles. The molecular formula is C16H24N2O. The van der Waals surface area contributed by atoms with E-state index in [0.29, 0.717) is 6.04 Å². The van der Waals surface area contributed by atoms with Crippen LogP contribution in [0.5, 0.6) is 5.75 Å². The van der Waals surface area contributed by atoms with Crippen LogP contribution >= 0.6 is 0 Å². The number of piperazine rings is 1. The van der Waals surface area contributed by atoms with Gasteiger partial charge in [0, 0.05) is 44.2 Å². The summed E-state index contributed by atoms with van der Waals surface area (Å²) in [5, 5.41) is 3.49. The van der Waals surface area contributed by atoms with E-state index in [-0.39, 0.29) is 5.60 Å². The van der Waals surface area contributed by atoms with Crippen LogP contribution < -0.4 is 10.1 Å². The summed E-state index contributed by atoms with van der Waals surface area (Å²) in [6.07, 6.45) is 1.02. The molecule has 2 aliphatic rings. The smallest absolute Gasteiger partial charge is 0.127 e. The molecule has 0 unspecified atom stereocenters. The number of para-hydroxylation sites is 1. The quantitative estimate of drug-likeness (QED) is 0.882. The van der Waals surface area contributed by atoms with Gasteiger partial charge >= 0.3 is 0 Å². The predicted octanol–water partition coefficient (Wildman–Crippen LogP) is 2.19. The number of benzene rings is 1. The molecule has 3 nitrogen and oxygen atoms in total. The van der Waals surface area contributed by atoms with E-state index in [0.717, 1.165) is 38.3 Å². The highest BCUT2D eigenvalue weighted by Crippen LogP contribution is 2.38. The van der Waals surface area contributed by atoms with Gasteiger partial charge in [-0.25, -0.2) is 0 Å². The Bertz CT molecular complexity index is 470. The molecule has 19 heavy (non-hydrogen) atoms. The van der Waals surface area contributed by atoms with E-state index in [1.165, 1.54) is 11.1 Å². The van der Waals surface area contributed by atoms with E-state index in [4.69, 9.17) is 4.74 Å². The number of nitrogens with one attached hydrogen (secondary N) is 1. The van der Waals surface area contributed by atoms with Crippen LogP contribution in [0.3, 0.4) is 0 Å². The standard InChI is InChI=1S/C16H24N2O/c1-12-10-18(8-7-17-12)11-14-6-4-5-13-9-16(2,3)19-15(13)14/h4-6,12,17H,7-11H2,1-3H3/t12-/m1/s1. The zero-order valence-corrected chi connectivity index (χ0v) is 12.2. The van der Waals surface area contributed by atoms with Gasteiger partial charge in [-0.1, -0.05) is 18.2 Å². The van der Waals surface area contributed by atoms with Crippen LogP contribution in [-0.4, -0.2) is 36.2 Å². The number of hydrogen-bond donors (Lipinski definition) is 1. The van der Waals surface area contributed by atoms with Crippen LogP contribution in [0.4, 0.5) is 0 Å². The predicted molar refractivity (Wildman–Crippen MR) is 77.6 cm³/mol. The minimum atomic E-state index is -0.0464. The largest absolute Gasteiger partial charge is 0.487 e. The number of rotatable bonds is 2. The van der Waals surface area contributed by atoms with Gasteiger partial charge in [0.1, 0.15) is 11.4 Å². The van der Waals surface area contributed by atoms with Gasteiger partial charge in [0.25, 0.3) is 0 Å². The molecule has 0 amide bonds. The molecule has 1 aromatic rings. The van der Waals surface area contributed by atoms with Gasteiger partial charge in [0.2, 0.25) is 0 Å². The van der Waals surface area contributed by atoms with Crippen molar-refractivity contribution in [2.24, 2.45) is 0 Å². The Hall–Kier alpha value is -1.06. The fourth-order valence-corrected chi connectivity index (χ4v) is 3.20. The van der Waals surface area contributed by atoms with Gasteiger partial charge in [-0.2, -0.15) is 0 Å². The van der Waals surface area contributed by atoms with Gasteiger partial charge in [0.05, 0.1) is 0 Å². The maximum absolute atomic E-state index is 6.15.